The van der Waals surface area contributed by atoms with Gasteiger partial charge in [-0.2, -0.15) is 0 Å². The molecule has 0 saturated heterocycles. The summed E-state index contributed by atoms with van der Waals surface area (Å²) >= 11 is 0. The highest BCUT2D eigenvalue weighted by Crippen LogP contribution is 2.44. The highest BCUT2D eigenvalue weighted by molar-refractivity contribution is 14.0. The molecular formula is C18H28IN3O. The number of aryl methyl sites for hydroxylation is 2. The Morgan fingerprint density at radius 2 is 2.04 bits per heavy atom. The number of nitrogens with zero attached hydrogens (tertiary/aromatic N) is 1. The third kappa shape index (κ3) is 4.59. The molecule has 0 bridgehead atoms. The molecule has 128 valence electrons. The minimum Gasteiger partial charge on any atom is -0.385 e. The summed E-state index contributed by atoms with van der Waals surface area (Å²) in [6.07, 6.45) is 8.53. The summed E-state index contributed by atoms with van der Waals surface area (Å²) in [7, 11) is 1.76. The van der Waals surface area contributed by atoms with Gasteiger partial charge in [0.15, 0.2) is 5.96 Å². The summed E-state index contributed by atoms with van der Waals surface area (Å²) < 4.78 is 5.22. The quantitative estimate of drug-likeness (QED) is 0.412. The molecule has 2 aliphatic rings. The molecule has 3 N–H and O–H groups in total. The van der Waals surface area contributed by atoms with E-state index in [-0.39, 0.29) is 24.0 Å². The maximum Gasteiger partial charge on any atom is 0.193 e. The van der Waals surface area contributed by atoms with Crippen molar-refractivity contribution in [1.82, 2.24) is 0 Å². The van der Waals surface area contributed by atoms with Crippen molar-refractivity contribution in [2.75, 3.05) is 25.6 Å². The lowest BCUT2D eigenvalue weighted by atomic mass is 9.67. The molecule has 0 aromatic heterocycles. The Balaban J connectivity index is 0.00000192. The first-order chi connectivity index (χ1) is 10.7. The number of fused-ring (bicyclic) bond motifs is 1. The van der Waals surface area contributed by atoms with Crippen molar-refractivity contribution in [2.24, 2.45) is 16.1 Å². The number of anilines is 1. The molecule has 0 radical (unpaired) electrons. The maximum atomic E-state index is 6.07. The van der Waals surface area contributed by atoms with Crippen LogP contribution in [0.1, 0.15) is 43.2 Å². The topological polar surface area (TPSA) is 59.6 Å². The van der Waals surface area contributed by atoms with Gasteiger partial charge in [-0.15, -0.1) is 24.0 Å². The van der Waals surface area contributed by atoms with E-state index in [9.17, 15) is 0 Å². The predicted molar refractivity (Wildman–Crippen MR) is 107 cm³/mol. The van der Waals surface area contributed by atoms with E-state index in [1.165, 1.54) is 49.7 Å². The summed E-state index contributed by atoms with van der Waals surface area (Å²) in [4.78, 5) is 4.59. The van der Waals surface area contributed by atoms with Crippen LogP contribution in [0.3, 0.4) is 0 Å². The Hall–Kier alpha value is -0.820. The SMILES string of the molecule is COCCC1(CN=C(N)Nc2ccc3c(c2)CCC3)CCC1.I. The lowest BCUT2D eigenvalue weighted by molar-refractivity contribution is 0.0780. The molecule has 1 aromatic rings. The second-order valence-electron chi connectivity index (χ2n) is 6.76. The summed E-state index contributed by atoms with van der Waals surface area (Å²) in [5.41, 5.74) is 10.4. The number of ether oxygens (including phenoxy) is 1. The number of hydrogen-bond donors (Lipinski definition) is 2. The first-order valence-electron chi connectivity index (χ1n) is 8.38. The largest absolute Gasteiger partial charge is 0.385 e. The Morgan fingerprint density at radius 1 is 1.26 bits per heavy atom. The third-order valence-corrected chi connectivity index (χ3v) is 5.21. The van der Waals surface area contributed by atoms with Crippen molar-refractivity contribution in [1.29, 1.82) is 0 Å². The molecule has 5 heteroatoms. The van der Waals surface area contributed by atoms with E-state index in [0.29, 0.717) is 11.4 Å². The number of nitrogens with one attached hydrogen (secondary N) is 1. The van der Waals surface area contributed by atoms with E-state index < -0.39 is 0 Å². The van der Waals surface area contributed by atoms with Crippen LogP contribution >= 0.6 is 24.0 Å². The van der Waals surface area contributed by atoms with Gasteiger partial charge in [0.1, 0.15) is 0 Å². The van der Waals surface area contributed by atoms with Crippen molar-refractivity contribution in [3.63, 3.8) is 0 Å². The molecule has 4 nitrogen and oxygen atoms in total. The number of rotatable bonds is 6. The predicted octanol–water partition coefficient (Wildman–Crippen LogP) is 3.73. The van der Waals surface area contributed by atoms with Gasteiger partial charge in [0.05, 0.1) is 0 Å². The van der Waals surface area contributed by atoms with Gasteiger partial charge in [-0.3, -0.25) is 4.99 Å². The zero-order chi connectivity index (χ0) is 15.4. The van der Waals surface area contributed by atoms with Crippen molar-refractivity contribution in [3.05, 3.63) is 29.3 Å². The molecule has 3 rings (SSSR count). The van der Waals surface area contributed by atoms with Crippen molar-refractivity contribution >= 4 is 35.6 Å². The summed E-state index contributed by atoms with van der Waals surface area (Å²) in [6.45, 7) is 1.62. The lowest BCUT2D eigenvalue weighted by Crippen LogP contribution is -2.35. The number of nitrogens with two attached hydrogens (primary N) is 1. The second kappa shape index (κ2) is 8.33. The maximum absolute atomic E-state index is 6.07. The molecule has 0 aliphatic heterocycles. The van der Waals surface area contributed by atoms with Crippen LogP contribution in [0.4, 0.5) is 5.69 Å². The highest BCUT2D eigenvalue weighted by atomic mass is 127. The standard InChI is InChI=1S/C18H27N3O.HI/c1-22-11-10-18(8-3-9-18)13-20-17(19)21-16-7-6-14-4-2-5-15(14)12-16;/h6-7,12H,2-5,8-11,13H2,1H3,(H3,19,20,21);1H. The van der Waals surface area contributed by atoms with Crippen LogP contribution in [0.2, 0.25) is 0 Å². The summed E-state index contributed by atoms with van der Waals surface area (Å²) in [6, 6.07) is 6.54. The first-order valence-corrected chi connectivity index (χ1v) is 8.38. The van der Waals surface area contributed by atoms with E-state index in [1.54, 1.807) is 7.11 Å². The Kier molecular flexibility index (Phi) is 6.71. The molecule has 0 heterocycles. The van der Waals surface area contributed by atoms with E-state index in [4.69, 9.17) is 10.5 Å². The fraction of sp³-hybridized carbons (Fsp3) is 0.611. The number of aliphatic imine (C=N–C) groups is 1. The number of hydrogen-bond acceptors (Lipinski definition) is 2. The van der Waals surface area contributed by atoms with Gasteiger partial charge in [0.25, 0.3) is 0 Å². The number of halogens is 1. The van der Waals surface area contributed by atoms with Crippen molar-refractivity contribution in [3.8, 4) is 0 Å². The van der Waals surface area contributed by atoms with Crippen molar-refractivity contribution in [2.45, 2.75) is 44.9 Å². The molecule has 0 atom stereocenters. The van der Waals surface area contributed by atoms with Crippen LogP contribution in [0.25, 0.3) is 0 Å². The average molecular weight is 429 g/mol. The molecule has 2 aliphatic carbocycles. The van der Waals surface area contributed by atoms with Gasteiger partial charge in [0, 0.05) is 25.9 Å². The van der Waals surface area contributed by atoms with Gasteiger partial charge < -0.3 is 15.8 Å². The number of benzene rings is 1. The van der Waals surface area contributed by atoms with Crippen LogP contribution in [0.5, 0.6) is 0 Å². The monoisotopic (exact) mass is 429 g/mol. The van der Waals surface area contributed by atoms with Gasteiger partial charge in [-0.05, 0) is 67.2 Å². The lowest BCUT2D eigenvalue weighted by Gasteiger charge is -2.40. The van der Waals surface area contributed by atoms with Crippen LogP contribution in [0, 0.1) is 5.41 Å². The van der Waals surface area contributed by atoms with Gasteiger partial charge in [0.2, 0.25) is 0 Å². The normalized spacial score (nSPS) is 18.7. The molecule has 1 aromatic carbocycles. The van der Waals surface area contributed by atoms with Crippen LogP contribution in [0.15, 0.2) is 23.2 Å². The molecule has 0 spiro atoms. The number of guanidine groups is 1. The van der Waals surface area contributed by atoms with Gasteiger partial charge in [-0.25, -0.2) is 0 Å². The van der Waals surface area contributed by atoms with Gasteiger partial charge in [-0.1, -0.05) is 12.5 Å². The Bertz CT molecular complexity index is 555. The van der Waals surface area contributed by atoms with Crippen LogP contribution in [-0.2, 0) is 17.6 Å². The fourth-order valence-electron chi connectivity index (χ4n) is 3.57. The Labute approximate surface area is 156 Å². The van der Waals surface area contributed by atoms with E-state index in [1.807, 2.05) is 0 Å². The van der Waals surface area contributed by atoms with Gasteiger partial charge >= 0.3 is 0 Å². The van der Waals surface area contributed by atoms with E-state index >= 15 is 0 Å². The summed E-state index contributed by atoms with van der Waals surface area (Å²) in [5, 5.41) is 3.24. The second-order valence-corrected chi connectivity index (χ2v) is 6.76. The highest BCUT2D eigenvalue weighted by Gasteiger charge is 2.36. The molecule has 1 fully saturated rings. The molecular weight excluding hydrogens is 401 g/mol. The van der Waals surface area contributed by atoms with Crippen LogP contribution < -0.4 is 11.1 Å². The van der Waals surface area contributed by atoms with Crippen molar-refractivity contribution < 1.29 is 4.74 Å². The zero-order valence-corrected chi connectivity index (χ0v) is 16.3. The first kappa shape index (κ1) is 18.5. The average Bonchev–Trinajstić information content (AvgIpc) is 2.93. The zero-order valence-electron chi connectivity index (χ0n) is 13.9. The van der Waals surface area contributed by atoms with E-state index in [2.05, 4.69) is 28.5 Å². The Morgan fingerprint density at radius 3 is 2.74 bits per heavy atom. The smallest absolute Gasteiger partial charge is 0.193 e. The molecule has 23 heavy (non-hydrogen) atoms. The van der Waals surface area contributed by atoms with Crippen LogP contribution in [-0.4, -0.2) is 26.2 Å². The third-order valence-electron chi connectivity index (χ3n) is 5.21. The molecule has 0 unspecified atom stereocenters. The minimum absolute atomic E-state index is 0. The molecule has 1 saturated carbocycles. The number of methoxy groups -OCH3 is 1. The fourth-order valence-corrected chi connectivity index (χ4v) is 3.57. The summed E-state index contributed by atoms with van der Waals surface area (Å²) in [5.74, 6) is 0.529. The van der Waals surface area contributed by atoms with E-state index in [0.717, 1.165) is 25.3 Å². The minimum atomic E-state index is 0. The molecule has 0 amide bonds.